The Morgan fingerprint density at radius 3 is 2.57 bits per heavy atom. The topological polar surface area (TPSA) is 58.2 Å². The molecule has 0 atom stereocenters. The first-order chi connectivity index (χ1) is 11.0. The minimum Gasteiger partial charge on any atom is -0.349 e. The van der Waals surface area contributed by atoms with Crippen molar-refractivity contribution in [2.75, 3.05) is 11.9 Å². The van der Waals surface area contributed by atoms with E-state index in [9.17, 15) is 9.59 Å². The summed E-state index contributed by atoms with van der Waals surface area (Å²) in [6, 6.07) is 12.0. The normalized spacial score (nSPS) is 10.0. The molecular formula is C18H17ClN2O2. The summed E-state index contributed by atoms with van der Waals surface area (Å²) in [5.41, 5.74) is 2.14. The number of rotatable bonds is 5. The molecule has 2 rings (SSSR count). The quantitative estimate of drug-likeness (QED) is 0.820. The molecule has 0 saturated heterocycles. The fourth-order valence-corrected chi connectivity index (χ4v) is 2.37. The maximum atomic E-state index is 12.4. The number of anilines is 1. The van der Waals surface area contributed by atoms with Gasteiger partial charge in [0, 0.05) is 6.54 Å². The van der Waals surface area contributed by atoms with E-state index in [0.717, 1.165) is 5.56 Å². The van der Waals surface area contributed by atoms with Gasteiger partial charge in [0.25, 0.3) is 11.8 Å². The minimum absolute atomic E-state index is 0.282. The number of para-hydroxylation sites is 1. The van der Waals surface area contributed by atoms with Gasteiger partial charge in [-0.3, -0.25) is 9.59 Å². The zero-order valence-corrected chi connectivity index (χ0v) is 13.5. The van der Waals surface area contributed by atoms with Gasteiger partial charge in [0.2, 0.25) is 0 Å². The zero-order chi connectivity index (χ0) is 16.8. The van der Waals surface area contributed by atoms with E-state index < -0.39 is 0 Å². The summed E-state index contributed by atoms with van der Waals surface area (Å²) in [6.45, 7) is 5.80. The first-order valence-electron chi connectivity index (χ1n) is 7.08. The van der Waals surface area contributed by atoms with Crippen molar-refractivity contribution in [1.82, 2.24) is 5.32 Å². The predicted molar refractivity (Wildman–Crippen MR) is 93.1 cm³/mol. The molecule has 0 radical (unpaired) electrons. The Kier molecular flexibility index (Phi) is 5.55. The lowest BCUT2D eigenvalue weighted by Crippen LogP contribution is -2.25. The second kappa shape index (κ2) is 7.61. The van der Waals surface area contributed by atoms with Crippen molar-refractivity contribution in [2.24, 2.45) is 0 Å². The van der Waals surface area contributed by atoms with Gasteiger partial charge in [-0.15, -0.1) is 6.58 Å². The van der Waals surface area contributed by atoms with Crippen LogP contribution in [-0.2, 0) is 0 Å². The molecule has 118 valence electrons. The van der Waals surface area contributed by atoms with Crippen LogP contribution in [-0.4, -0.2) is 18.4 Å². The molecule has 0 aromatic heterocycles. The molecule has 0 heterocycles. The highest BCUT2D eigenvalue weighted by Crippen LogP contribution is 2.21. The molecule has 0 aliphatic heterocycles. The molecule has 2 aromatic rings. The number of aryl methyl sites for hydroxylation is 1. The Labute approximate surface area is 140 Å². The molecule has 0 bridgehead atoms. The van der Waals surface area contributed by atoms with Crippen LogP contribution in [0, 0.1) is 6.92 Å². The first kappa shape index (κ1) is 16.8. The number of nitrogens with one attached hydrogen (secondary N) is 2. The summed E-state index contributed by atoms with van der Waals surface area (Å²) < 4.78 is 0. The Hall–Kier alpha value is -2.59. The van der Waals surface area contributed by atoms with E-state index in [0.29, 0.717) is 28.4 Å². The van der Waals surface area contributed by atoms with Crippen LogP contribution in [0.4, 0.5) is 5.69 Å². The molecule has 0 saturated carbocycles. The largest absolute Gasteiger partial charge is 0.349 e. The average Bonchev–Trinajstić information content (AvgIpc) is 2.53. The number of carbonyl (C=O) groups is 2. The molecule has 0 aliphatic carbocycles. The minimum atomic E-state index is -0.362. The van der Waals surface area contributed by atoms with Gasteiger partial charge >= 0.3 is 0 Å². The molecule has 0 unspecified atom stereocenters. The standard InChI is InChI=1S/C18H17ClN2O2/c1-3-10-20-17(22)14-6-4-5-7-16(14)21-18(23)13-9-8-12(2)11-15(13)19/h3-9,11H,1,10H2,2H3,(H,20,22)(H,21,23). The van der Waals surface area contributed by atoms with Crippen molar-refractivity contribution in [1.29, 1.82) is 0 Å². The lowest BCUT2D eigenvalue weighted by Gasteiger charge is -2.11. The van der Waals surface area contributed by atoms with Crippen LogP contribution in [0.5, 0.6) is 0 Å². The highest BCUT2D eigenvalue weighted by atomic mass is 35.5. The molecule has 0 aliphatic rings. The summed E-state index contributed by atoms with van der Waals surface area (Å²) in [6.07, 6.45) is 1.59. The Morgan fingerprint density at radius 2 is 1.87 bits per heavy atom. The number of amides is 2. The van der Waals surface area contributed by atoms with Gasteiger partial charge in [0.05, 0.1) is 21.8 Å². The number of hydrogen-bond acceptors (Lipinski definition) is 2. The van der Waals surface area contributed by atoms with Gasteiger partial charge < -0.3 is 10.6 Å². The van der Waals surface area contributed by atoms with Gasteiger partial charge in [0.15, 0.2) is 0 Å². The second-order valence-electron chi connectivity index (χ2n) is 4.98. The van der Waals surface area contributed by atoms with E-state index in [1.807, 2.05) is 13.0 Å². The summed E-state index contributed by atoms with van der Waals surface area (Å²) in [5, 5.41) is 5.79. The molecule has 0 spiro atoms. The Bertz CT molecular complexity index is 756. The van der Waals surface area contributed by atoms with Crippen LogP contribution >= 0.6 is 11.6 Å². The van der Waals surface area contributed by atoms with Crippen LogP contribution in [0.1, 0.15) is 26.3 Å². The van der Waals surface area contributed by atoms with E-state index in [2.05, 4.69) is 17.2 Å². The maximum Gasteiger partial charge on any atom is 0.257 e. The first-order valence-corrected chi connectivity index (χ1v) is 7.46. The summed E-state index contributed by atoms with van der Waals surface area (Å²) in [4.78, 5) is 24.5. The van der Waals surface area contributed by atoms with E-state index in [1.54, 1.807) is 42.5 Å². The third-order valence-corrected chi connectivity index (χ3v) is 3.51. The van der Waals surface area contributed by atoms with Crippen molar-refractivity contribution >= 4 is 29.1 Å². The lowest BCUT2D eigenvalue weighted by molar-refractivity contribution is 0.0959. The highest BCUT2D eigenvalue weighted by molar-refractivity contribution is 6.34. The van der Waals surface area contributed by atoms with Gasteiger partial charge in [-0.25, -0.2) is 0 Å². The molecule has 5 heteroatoms. The van der Waals surface area contributed by atoms with Crippen molar-refractivity contribution in [3.63, 3.8) is 0 Å². The van der Waals surface area contributed by atoms with Gasteiger partial charge in [-0.2, -0.15) is 0 Å². The monoisotopic (exact) mass is 328 g/mol. The third kappa shape index (κ3) is 4.20. The molecule has 2 aromatic carbocycles. The second-order valence-corrected chi connectivity index (χ2v) is 5.39. The van der Waals surface area contributed by atoms with E-state index >= 15 is 0 Å². The summed E-state index contributed by atoms with van der Waals surface area (Å²) >= 11 is 6.11. The van der Waals surface area contributed by atoms with Gasteiger partial charge in [-0.1, -0.05) is 35.9 Å². The highest BCUT2D eigenvalue weighted by Gasteiger charge is 2.15. The van der Waals surface area contributed by atoms with Crippen LogP contribution in [0.3, 0.4) is 0 Å². The number of halogens is 1. The molecule has 2 amide bonds. The predicted octanol–water partition coefficient (Wildman–Crippen LogP) is 3.82. The maximum absolute atomic E-state index is 12.4. The number of benzene rings is 2. The van der Waals surface area contributed by atoms with Crippen molar-refractivity contribution in [2.45, 2.75) is 6.92 Å². The number of carbonyl (C=O) groups excluding carboxylic acids is 2. The molecular weight excluding hydrogens is 312 g/mol. The van der Waals surface area contributed by atoms with E-state index in [4.69, 9.17) is 11.6 Å². The van der Waals surface area contributed by atoms with Crippen LogP contribution < -0.4 is 10.6 Å². The SMILES string of the molecule is C=CCNC(=O)c1ccccc1NC(=O)c1ccc(C)cc1Cl. The van der Waals surface area contributed by atoms with Crippen molar-refractivity contribution in [3.05, 3.63) is 76.8 Å². The molecule has 2 N–H and O–H groups in total. The number of hydrogen-bond donors (Lipinski definition) is 2. The van der Waals surface area contributed by atoms with Crippen LogP contribution in [0.25, 0.3) is 0 Å². The zero-order valence-electron chi connectivity index (χ0n) is 12.7. The lowest BCUT2D eigenvalue weighted by atomic mass is 10.1. The molecule has 23 heavy (non-hydrogen) atoms. The fourth-order valence-electron chi connectivity index (χ4n) is 2.04. The van der Waals surface area contributed by atoms with E-state index in [-0.39, 0.29) is 11.8 Å². The third-order valence-electron chi connectivity index (χ3n) is 3.20. The van der Waals surface area contributed by atoms with Gasteiger partial charge in [-0.05, 0) is 36.8 Å². The molecule has 0 fully saturated rings. The van der Waals surface area contributed by atoms with Crippen molar-refractivity contribution in [3.8, 4) is 0 Å². The van der Waals surface area contributed by atoms with Crippen LogP contribution in [0.15, 0.2) is 55.1 Å². The fraction of sp³-hybridized carbons (Fsp3) is 0.111. The average molecular weight is 329 g/mol. The van der Waals surface area contributed by atoms with Crippen LogP contribution in [0.2, 0.25) is 5.02 Å². The van der Waals surface area contributed by atoms with E-state index in [1.165, 1.54) is 0 Å². The van der Waals surface area contributed by atoms with Crippen molar-refractivity contribution < 1.29 is 9.59 Å². The molecule has 4 nitrogen and oxygen atoms in total. The Morgan fingerprint density at radius 1 is 1.13 bits per heavy atom. The smallest absolute Gasteiger partial charge is 0.257 e. The Balaban J connectivity index is 2.24. The van der Waals surface area contributed by atoms with Gasteiger partial charge in [0.1, 0.15) is 0 Å². The summed E-state index contributed by atoms with van der Waals surface area (Å²) in [7, 11) is 0. The summed E-state index contributed by atoms with van der Waals surface area (Å²) in [5.74, 6) is -0.644.